The Labute approximate surface area is 546 Å². The number of aliphatic hydroxyl groups is 6. The Bertz CT molecular complexity index is 3270. The zero-order valence-corrected chi connectivity index (χ0v) is 52.9. The van der Waals surface area contributed by atoms with Crippen molar-refractivity contribution in [3.8, 4) is 22.3 Å². The first-order valence-electron chi connectivity index (χ1n) is 30.3. The molecule has 93 heavy (non-hydrogen) atoms. The summed E-state index contributed by atoms with van der Waals surface area (Å²) < 4.78 is 23.4. The lowest BCUT2D eigenvalue weighted by Gasteiger charge is -2.46. The molecule has 0 aliphatic carbocycles. The van der Waals surface area contributed by atoms with Crippen LogP contribution in [0.15, 0.2) is 133 Å². The van der Waals surface area contributed by atoms with Gasteiger partial charge in [0.15, 0.2) is 6.29 Å². The van der Waals surface area contributed by atoms with Gasteiger partial charge in [0.25, 0.3) is 17.6 Å². The smallest absolute Gasteiger partial charge is 0.364 e. The third kappa shape index (κ3) is 21.4. The standard InChI is InChI=1S/C66H80N6O19S2/c1-40(74)69-56-50(76)35-65(39-73,90-60(56)58(82)52(78)37-67-62(84)46-19-15-44(16-20-46)42-11-5-3-6-12-42)88-29-9-31-92-33-27-54(80)71-48-23-25-49(26-24-48)72-55(81)28-34-93-32-10-30-89-66(64(86)87)36-51(77)57(70-41(2)75)61(91-66)59(83)53(79)38-68-63(85)47-21-17-45(18-22-47)43-13-7-4-8-14-43/h3-8,11-26,39,50-53,56-61,76-79,82-83H,9-10,27-38H2,1-2H3,(H,67,84)(H,68,85)(H,69,74)(H,70,75)(H,71,80)(H,72,81)(H,86,87)/t50-,51-,52+,53+,56+,57+,58+,59+,60+,61+,65+,66+/m0/s1. The van der Waals surface area contributed by atoms with Gasteiger partial charge < -0.3 is 86.6 Å². The van der Waals surface area contributed by atoms with Crippen LogP contribution in [0.2, 0.25) is 0 Å². The van der Waals surface area contributed by atoms with Crippen molar-refractivity contribution in [2.24, 2.45) is 0 Å². The number of ether oxygens (including phenoxy) is 4. The van der Waals surface area contributed by atoms with E-state index >= 15 is 0 Å². The minimum absolute atomic E-state index is 0.0361. The molecule has 0 saturated carbocycles. The van der Waals surface area contributed by atoms with E-state index in [4.69, 9.17) is 18.9 Å². The van der Waals surface area contributed by atoms with Gasteiger partial charge in [0.1, 0.15) is 24.4 Å². The molecule has 2 fully saturated rings. The molecule has 0 unspecified atom stereocenters. The number of thioether (sulfide) groups is 2. The van der Waals surface area contributed by atoms with Crippen molar-refractivity contribution in [1.29, 1.82) is 0 Å². The Balaban J connectivity index is 0.765. The van der Waals surface area contributed by atoms with Gasteiger partial charge in [0.2, 0.25) is 29.4 Å². The molecule has 0 aromatic heterocycles. The molecule has 5 aromatic rings. The minimum atomic E-state index is -2.49. The molecule has 2 aliphatic rings. The fourth-order valence-corrected chi connectivity index (χ4v) is 12.1. The molecule has 2 saturated heterocycles. The predicted molar refractivity (Wildman–Crippen MR) is 347 cm³/mol. The third-order valence-electron chi connectivity index (χ3n) is 15.3. The first-order valence-corrected chi connectivity index (χ1v) is 32.6. The predicted octanol–water partition coefficient (Wildman–Crippen LogP) is 3.25. The van der Waals surface area contributed by atoms with Gasteiger partial charge in [-0.3, -0.25) is 33.6 Å². The Kier molecular flexibility index (Phi) is 27.8. The van der Waals surface area contributed by atoms with E-state index in [1.165, 1.54) is 30.4 Å². The minimum Gasteiger partial charge on any atom is -0.477 e. The molecular formula is C66H80N6O19S2. The van der Waals surface area contributed by atoms with Crippen LogP contribution in [0.4, 0.5) is 11.4 Å². The second-order valence-electron chi connectivity index (χ2n) is 22.4. The molecule has 6 amide bonds. The normalized spacial score (nSPS) is 22.4. The number of hydrogen-bond acceptors (Lipinski definition) is 20. The van der Waals surface area contributed by atoms with Crippen molar-refractivity contribution in [3.05, 3.63) is 145 Å². The summed E-state index contributed by atoms with van der Waals surface area (Å²) in [5.41, 5.74) is 5.22. The Hall–Kier alpha value is -7.64. The molecule has 0 spiro atoms. The summed E-state index contributed by atoms with van der Waals surface area (Å²) in [6, 6.07) is 36.5. The number of aldehydes is 1. The van der Waals surface area contributed by atoms with Gasteiger partial charge >= 0.3 is 5.97 Å². The lowest BCUT2D eigenvalue weighted by molar-refractivity contribution is -0.310. The Morgan fingerprint density at radius 2 is 0.946 bits per heavy atom. The van der Waals surface area contributed by atoms with E-state index in [0.29, 0.717) is 52.7 Å². The van der Waals surface area contributed by atoms with Gasteiger partial charge in [-0.2, -0.15) is 23.5 Å². The van der Waals surface area contributed by atoms with Crippen LogP contribution in [0.25, 0.3) is 22.3 Å². The van der Waals surface area contributed by atoms with Gasteiger partial charge in [-0.15, -0.1) is 0 Å². The number of carbonyl (C=O) groups excluding carboxylic acids is 7. The number of benzene rings is 5. The van der Waals surface area contributed by atoms with Crippen LogP contribution >= 0.6 is 23.5 Å². The van der Waals surface area contributed by atoms with E-state index in [0.717, 1.165) is 29.2 Å². The summed E-state index contributed by atoms with van der Waals surface area (Å²) in [5.74, 6) is -7.29. The highest BCUT2D eigenvalue weighted by molar-refractivity contribution is 7.99. The summed E-state index contributed by atoms with van der Waals surface area (Å²) >= 11 is 2.83. The van der Waals surface area contributed by atoms with Crippen LogP contribution in [-0.2, 0) is 47.7 Å². The highest BCUT2D eigenvalue weighted by atomic mass is 32.2. The number of carboxylic acids is 1. The third-order valence-corrected chi connectivity index (χ3v) is 17.4. The van der Waals surface area contributed by atoms with Crippen molar-refractivity contribution >= 4 is 82.6 Å². The van der Waals surface area contributed by atoms with Crippen molar-refractivity contribution in [1.82, 2.24) is 21.3 Å². The van der Waals surface area contributed by atoms with Crippen LogP contribution < -0.4 is 31.9 Å². The monoisotopic (exact) mass is 1320 g/mol. The number of carbonyl (C=O) groups is 8. The van der Waals surface area contributed by atoms with E-state index < -0.39 is 128 Å². The number of aliphatic carboxylic acids is 1. The number of amides is 6. The maximum atomic E-state index is 13.0. The maximum absolute atomic E-state index is 13.0. The van der Waals surface area contributed by atoms with E-state index in [1.807, 2.05) is 60.7 Å². The largest absolute Gasteiger partial charge is 0.477 e. The molecule has 2 heterocycles. The van der Waals surface area contributed by atoms with Crippen LogP contribution in [0.1, 0.15) is 73.1 Å². The molecule has 0 radical (unpaired) electrons. The van der Waals surface area contributed by atoms with Crippen molar-refractivity contribution in [3.63, 3.8) is 0 Å². The molecule has 500 valence electrons. The molecule has 25 nitrogen and oxygen atoms in total. The van der Waals surface area contributed by atoms with Crippen molar-refractivity contribution < 1.29 is 93.0 Å². The zero-order valence-electron chi connectivity index (χ0n) is 51.3. The van der Waals surface area contributed by atoms with Gasteiger partial charge in [-0.25, -0.2) is 4.79 Å². The fraction of sp³-hybridized carbons (Fsp3) is 0.424. The van der Waals surface area contributed by atoms with Crippen molar-refractivity contribution in [2.45, 2.75) is 125 Å². The molecule has 2 aliphatic heterocycles. The summed E-state index contributed by atoms with van der Waals surface area (Å²) in [5, 5.41) is 92.9. The lowest BCUT2D eigenvalue weighted by atomic mass is 9.88. The van der Waals surface area contributed by atoms with Crippen LogP contribution in [0, 0.1) is 0 Å². The average Bonchev–Trinajstić information content (AvgIpc) is 0.793. The van der Waals surface area contributed by atoms with Crippen LogP contribution in [-0.4, -0.2) is 205 Å². The second kappa shape index (κ2) is 35.6. The SMILES string of the molecule is CC(=O)N[C@H]1[C@H]([C@H](O)[C@H](O)CNC(=O)c2ccc(-c3ccccc3)cc2)O[C@](C=O)(OCCCSCCC(=O)Nc2ccc(NC(=O)CCSCCCO[C@]3(C(=O)O)C[C@H](O)[C@@H](NC(C)=O)[C@H]([C@H](O)[C@H](O)CNC(=O)c4ccc(-c5ccccc5)cc4)O3)cc2)C[C@@H]1O. The first kappa shape index (κ1) is 72.8. The number of anilines is 2. The lowest BCUT2D eigenvalue weighted by Crippen LogP contribution is -2.68. The fourth-order valence-electron chi connectivity index (χ4n) is 10.4. The Morgan fingerprint density at radius 3 is 1.35 bits per heavy atom. The summed E-state index contributed by atoms with van der Waals surface area (Å²) in [6.07, 6.45) is -13.2. The number of aliphatic hydroxyl groups excluding tert-OH is 6. The highest BCUT2D eigenvalue weighted by Crippen LogP contribution is 2.35. The van der Waals surface area contributed by atoms with Gasteiger partial charge in [-0.1, -0.05) is 84.9 Å². The Morgan fingerprint density at radius 1 is 0.548 bits per heavy atom. The highest BCUT2D eigenvalue weighted by Gasteiger charge is 2.56. The first-order chi connectivity index (χ1) is 44.6. The average molecular weight is 1330 g/mol. The van der Waals surface area contributed by atoms with E-state index in [9.17, 15) is 74.1 Å². The van der Waals surface area contributed by atoms with Gasteiger partial charge in [-0.05, 0) is 95.1 Å². The van der Waals surface area contributed by atoms with E-state index in [1.54, 1.807) is 72.8 Å². The molecule has 5 aromatic carbocycles. The zero-order chi connectivity index (χ0) is 67.1. The van der Waals surface area contributed by atoms with Crippen molar-refractivity contribution in [2.75, 3.05) is 59.9 Å². The molecule has 27 heteroatoms. The topological polar surface area (TPSA) is 387 Å². The number of carboxylic acid groups (broad SMARTS) is 1. The summed E-state index contributed by atoms with van der Waals surface area (Å²) in [4.78, 5) is 101. The van der Waals surface area contributed by atoms with Crippen LogP contribution in [0.5, 0.6) is 0 Å². The van der Waals surface area contributed by atoms with Gasteiger partial charge in [0, 0.05) is 86.6 Å². The summed E-state index contributed by atoms with van der Waals surface area (Å²) in [7, 11) is 0. The van der Waals surface area contributed by atoms with E-state index in [2.05, 4.69) is 31.9 Å². The number of hydrogen-bond donors (Lipinski definition) is 13. The van der Waals surface area contributed by atoms with Gasteiger partial charge in [0.05, 0.1) is 49.7 Å². The number of rotatable bonds is 34. The van der Waals surface area contributed by atoms with E-state index in [-0.39, 0.29) is 49.9 Å². The maximum Gasteiger partial charge on any atom is 0.364 e. The van der Waals surface area contributed by atoms with Crippen LogP contribution in [0.3, 0.4) is 0 Å². The molecule has 12 atom stereocenters. The quantitative estimate of drug-likeness (QED) is 0.0208. The molecule has 7 rings (SSSR count). The summed E-state index contributed by atoms with van der Waals surface area (Å²) in [6.45, 7) is 1.17. The molecule has 0 bridgehead atoms. The second-order valence-corrected chi connectivity index (χ2v) is 24.8. The number of nitrogens with one attached hydrogen (secondary N) is 6. The molecule has 13 N–H and O–H groups in total. The molecular weight excluding hydrogens is 1240 g/mol.